The number of amides is 3. The number of hydrogen-bond donors (Lipinski definition) is 2. The highest BCUT2D eigenvalue weighted by Gasteiger charge is 2.30. The second-order valence-corrected chi connectivity index (χ2v) is 7.34. The van der Waals surface area contributed by atoms with Crippen molar-refractivity contribution in [1.29, 1.82) is 0 Å². The van der Waals surface area contributed by atoms with Gasteiger partial charge in [0.1, 0.15) is 5.75 Å². The second-order valence-electron chi connectivity index (χ2n) is 7.34. The number of rotatable bonds is 6. The smallest absolute Gasteiger partial charge is 0.416 e. The molecular formula is C22H24F3N3O3. The molecule has 6 nitrogen and oxygen atoms in total. The zero-order chi connectivity index (χ0) is 22.3. The SMILES string of the molecule is O=C(NCC1CCN(C(=O)COc2ccccc2)CC1)Nc1ccc(C(F)(F)F)cc1. The standard InChI is InChI=1S/C22H24F3N3O3/c23-22(24,25)17-6-8-18(9-7-17)27-21(30)26-14-16-10-12-28(13-11-16)20(29)15-31-19-4-2-1-3-5-19/h1-9,16H,10-15H2,(H2,26,27,30). The van der Waals surface area contributed by atoms with E-state index < -0.39 is 17.8 Å². The third-order valence-electron chi connectivity index (χ3n) is 5.09. The Balaban J connectivity index is 1.35. The molecule has 0 unspecified atom stereocenters. The van der Waals surface area contributed by atoms with Crippen molar-refractivity contribution in [3.63, 3.8) is 0 Å². The molecule has 1 fully saturated rings. The van der Waals surface area contributed by atoms with Gasteiger partial charge in [0, 0.05) is 25.3 Å². The summed E-state index contributed by atoms with van der Waals surface area (Å²) in [5, 5.41) is 5.26. The van der Waals surface area contributed by atoms with Crippen molar-refractivity contribution in [3.8, 4) is 5.75 Å². The number of halogens is 3. The summed E-state index contributed by atoms with van der Waals surface area (Å²) in [6.45, 7) is 1.59. The van der Waals surface area contributed by atoms with Crippen LogP contribution in [0.4, 0.5) is 23.7 Å². The van der Waals surface area contributed by atoms with Crippen molar-refractivity contribution in [3.05, 3.63) is 60.2 Å². The van der Waals surface area contributed by atoms with E-state index >= 15 is 0 Å². The van der Waals surface area contributed by atoms with Gasteiger partial charge in [0.05, 0.1) is 5.56 Å². The summed E-state index contributed by atoms with van der Waals surface area (Å²) in [4.78, 5) is 26.0. The quantitative estimate of drug-likeness (QED) is 0.716. The number of alkyl halides is 3. The highest BCUT2D eigenvalue weighted by atomic mass is 19.4. The summed E-state index contributed by atoms with van der Waals surface area (Å²) in [6, 6.07) is 12.9. The lowest BCUT2D eigenvalue weighted by Gasteiger charge is -2.32. The van der Waals surface area contributed by atoms with Crippen molar-refractivity contribution >= 4 is 17.6 Å². The molecule has 1 aliphatic heterocycles. The number of nitrogens with one attached hydrogen (secondary N) is 2. The van der Waals surface area contributed by atoms with Crippen molar-refractivity contribution in [2.75, 3.05) is 31.6 Å². The molecule has 0 spiro atoms. The monoisotopic (exact) mass is 435 g/mol. The average molecular weight is 435 g/mol. The Morgan fingerprint density at radius 1 is 1.00 bits per heavy atom. The third kappa shape index (κ3) is 6.91. The third-order valence-corrected chi connectivity index (χ3v) is 5.09. The minimum absolute atomic E-state index is 0.0114. The number of urea groups is 1. The van der Waals surface area contributed by atoms with Gasteiger partial charge in [-0.25, -0.2) is 4.79 Å². The lowest BCUT2D eigenvalue weighted by Crippen LogP contribution is -2.43. The zero-order valence-electron chi connectivity index (χ0n) is 16.8. The van der Waals surface area contributed by atoms with Gasteiger partial charge in [-0.1, -0.05) is 18.2 Å². The first-order valence-electron chi connectivity index (χ1n) is 9.99. The van der Waals surface area contributed by atoms with E-state index in [2.05, 4.69) is 10.6 Å². The van der Waals surface area contributed by atoms with E-state index in [0.29, 0.717) is 25.4 Å². The van der Waals surface area contributed by atoms with Gasteiger partial charge in [-0.2, -0.15) is 13.2 Å². The summed E-state index contributed by atoms with van der Waals surface area (Å²) in [6.07, 6.45) is -2.92. The van der Waals surface area contributed by atoms with E-state index in [4.69, 9.17) is 4.74 Å². The Morgan fingerprint density at radius 2 is 1.65 bits per heavy atom. The molecule has 0 saturated carbocycles. The van der Waals surface area contributed by atoms with Gasteiger partial charge in [-0.05, 0) is 55.2 Å². The molecule has 2 aromatic carbocycles. The Labute approximate surface area is 178 Å². The predicted molar refractivity (Wildman–Crippen MR) is 110 cm³/mol. The summed E-state index contributed by atoms with van der Waals surface area (Å²) in [5.74, 6) is 0.793. The summed E-state index contributed by atoms with van der Waals surface area (Å²) in [5.41, 5.74) is -0.488. The zero-order valence-corrected chi connectivity index (χ0v) is 16.8. The number of anilines is 1. The van der Waals surface area contributed by atoms with E-state index in [1.54, 1.807) is 17.0 Å². The number of para-hydroxylation sites is 1. The number of benzene rings is 2. The molecular weight excluding hydrogens is 411 g/mol. The lowest BCUT2D eigenvalue weighted by atomic mass is 9.97. The van der Waals surface area contributed by atoms with Crippen LogP contribution in [0.5, 0.6) is 5.75 Å². The first kappa shape index (κ1) is 22.5. The molecule has 0 bridgehead atoms. The van der Waals surface area contributed by atoms with Crippen LogP contribution in [0.2, 0.25) is 0 Å². The van der Waals surface area contributed by atoms with E-state index in [1.165, 1.54) is 12.1 Å². The number of ether oxygens (including phenoxy) is 1. The van der Waals surface area contributed by atoms with Crippen LogP contribution in [0.1, 0.15) is 18.4 Å². The minimum Gasteiger partial charge on any atom is -0.484 e. The number of likely N-dealkylation sites (tertiary alicyclic amines) is 1. The normalized spacial score (nSPS) is 14.7. The van der Waals surface area contributed by atoms with Crippen molar-refractivity contribution in [2.24, 2.45) is 5.92 Å². The van der Waals surface area contributed by atoms with Gasteiger partial charge in [-0.3, -0.25) is 4.79 Å². The van der Waals surface area contributed by atoms with Crippen LogP contribution in [-0.4, -0.2) is 43.1 Å². The number of piperidine rings is 1. The molecule has 9 heteroatoms. The minimum atomic E-state index is -4.41. The highest BCUT2D eigenvalue weighted by Crippen LogP contribution is 2.29. The fourth-order valence-electron chi connectivity index (χ4n) is 3.29. The van der Waals surface area contributed by atoms with Crippen LogP contribution in [0.25, 0.3) is 0 Å². The van der Waals surface area contributed by atoms with Crippen molar-refractivity contribution in [2.45, 2.75) is 19.0 Å². The molecule has 0 radical (unpaired) electrons. The predicted octanol–water partition coefficient (Wildman–Crippen LogP) is 4.14. The maximum Gasteiger partial charge on any atom is 0.416 e. The molecule has 0 atom stereocenters. The van der Waals surface area contributed by atoms with E-state index in [1.807, 2.05) is 18.2 Å². The molecule has 3 amide bonds. The van der Waals surface area contributed by atoms with Crippen molar-refractivity contribution in [1.82, 2.24) is 10.2 Å². The van der Waals surface area contributed by atoms with Crippen LogP contribution < -0.4 is 15.4 Å². The Hall–Kier alpha value is -3.23. The van der Waals surface area contributed by atoms with E-state index in [-0.39, 0.29) is 24.1 Å². The number of carbonyl (C=O) groups is 2. The summed E-state index contributed by atoms with van der Waals surface area (Å²) >= 11 is 0. The molecule has 2 N–H and O–H groups in total. The highest BCUT2D eigenvalue weighted by molar-refractivity contribution is 5.89. The topological polar surface area (TPSA) is 70.7 Å². The van der Waals surface area contributed by atoms with Gasteiger partial charge in [0.15, 0.2) is 6.61 Å². The molecule has 0 aliphatic carbocycles. The van der Waals surface area contributed by atoms with Gasteiger partial charge in [0.25, 0.3) is 5.91 Å². The number of nitrogens with zero attached hydrogens (tertiary/aromatic N) is 1. The number of hydrogen-bond acceptors (Lipinski definition) is 3. The molecule has 31 heavy (non-hydrogen) atoms. The Morgan fingerprint density at radius 3 is 2.26 bits per heavy atom. The summed E-state index contributed by atoms with van der Waals surface area (Å²) < 4.78 is 43.2. The van der Waals surface area contributed by atoms with E-state index in [0.717, 1.165) is 25.0 Å². The van der Waals surface area contributed by atoms with Crippen LogP contribution in [0.3, 0.4) is 0 Å². The number of carbonyl (C=O) groups excluding carboxylic acids is 2. The lowest BCUT2D eigenvalue weighted by molar-refractivity contribution is -0.137. The Kier molecular flexibility index (Phi) is 7.38. The van der Waals surface area contributed by atoms with Crippen LogP contribution in [0, 0.1) is 5.92 Å². The van der Waals surface area contributed by atoms with Crippen LogP contribution >= 0.6 is 0 Å². The molecule has 166 valence electrons. The largest absolute Gasteiger partial charge is 0.484 e. The van der Waals surface area contributed by atoms with Gasteiger partial charge in [-0.15, -0.1) is 0 Å². The molecule has 1 heterocycles. The fourth-order valence-corrected chi connectivity index (χ4v) is 3.29. The summed E-state index contributed by atoms with van der Waals surface area (Å²) in [7, 11) is 0. The fraction of sp³-hybridized carbons (Fsp3) is 0.364. The molecule has 1 aliphatic rings. The Bertz CT molecular complexity index is 865. The molecule has 0 aromatic heterocycles. The maximum atomic E-state index is 12.6. The second kappa shape index (κ2) is 10.2. The van der Waals surface area contributed by atoms with Crippen LogP contribution in [-0.2, 0) is 11.0 Å². The van der Waals surface area contributed by atoms with Gasteiger partial charge < -0.3 is 20.3 Å². The van der Waals surface area contributed by atoms with Gasteiger partial charge >= 0.3 is 12.2 Å². The first-order chi connectivity index (χ1) is 14.8. The molecule has 3 rings (SSSR count). The maximum absolute atomic E-state index is 12.6. The molecule has 2 aromatic rings. The van der Waals surface area contributed by atoms with Crippen molar-refractivity contribution < 1.29 is 27.5 Å². The average Bonchev–Trinajstić information content (AvgIpc) is 2.77. The van der Waals surface area contributed by atoms with Crippen LogP contribution in [0.15, 0.2) is 54.6 Å². The first-order valence-corrected chi connectivity index (χ1v) is 9.99. The van der Waals surface area contributed by atoms with Gasteiger partial charge in [0.2, 0.25) is 0 Å². The molecule has 1 saturated heterocycles. The van der Waals surface area contributed by atoms with E-state index in [9.17, 15) is 22.8 Å².